The lowest BCUT2D eigenvalue weighted by molar-refractivity contribution is 0.0621. The van der Waals surface area contributed by atoms with Gasteiger partial charge in [-0.3, -0.25) is 0 Å². The van der Waals surface area contributed by atoms with E-state index in [1.165, 1.54) is 51.4 Å². The quantitative estimate of drug-likeness (QED) is 0.499. The highest BCUT2D eigenvalue weighted by Gasteiger charge is 2.10. The average molecular weight is 259 g/mol. The number of unbranched alkanes of at least 4 members (excludes halogenated alkanes) is 4. The summed E-state index contributed by atoms with van der Waals surface area (Å²) in [5.74, 6) is 0. The largest absolute Gasteiger partial charge is 0.389 e. The summed E-state index contributed by atoms with van der Waals surface area (Å²) >= 11 is 0. The van der Waals surface area contributed by atoms with Gasteiger partial charge in [0, 0.05) is 19.7 Å². The number of nitrogens with one attached hydrogen (secondary N) is 1. The van der Waals surface area contributed by atoms with Gasteiger partial charge in [0.25, 0.3) is 0 Å². The first kappa shape index (κ1) is 17.9. The molecule has 0 rings (SSSR count). The normalized spacial score (nSPS) is 13.2. The van der Waals surface area contributed by atoms with Gasteiger partial charge in [0.15, 0.2) is 0 Å². The van der Waals surface area contributed by atoms with Crippen molar-refractivity contribution in [2.24, 2.45) is 0 Å². The maximum atomic E-state index is 9.65. The number of hydrogen-bond donors (Lipinski definition) is 2. The predicted molar refractivity (Wildman–Crippen MR) is 78.0 cm³/mol. The molecule has 0 aliphatic heterocycles. The molecule has 0 aliphatic carbocycles. The highest BCUT2D eigenvalue weighted by atomic mass is 16.5. The number of ether oxygens (including phenoxy) is 1. The van der Waals surface area contributed by atoms with E-state index in [0.29, 0.717) is 19.2 Å². The third kappa shape index (κ3) is 11.0. The number of aliphatic hydroxyl groups excluding tert-OH is 1. The van der Waals surface area contributed by atoms with E-state index in [4.69, 9.17) is 4.74 Å². The fourth-order valence-corrected chi connectivity index (χ4v) is 2.18. The van der Waals surface area contributed by atoms with Gasteiger partial charge in [0.2, 0.25) is 0 Å². The molecular weight excluding hydrogens is 226 g/mol. The fraction of sp³-hybridized carbons (Fsp3) is 1.00. The summed E-state index contributed by atoms with van der Waals surface area (Å²) in [4.78, 5) is 0. The van der Waals surface area contributed by atoms with E-state index in [1.807, 2.05) is 0 Å². The zero-order valence-electron chi connectivity index (χ0n) is 12.6. The topological polar surface area (TPSA) is 41.5 Å². The second kappa shape index (κ2) is 13.3. The van der Waals surface area contributed by atoms with Crippen LogP contribution in [0.15, 0.2) is 0 Å². The molecular formula is C15H33NO2. The van der Waals surface area contributed by atoms with Crippen LogP contribution in [0.25, 0.3) is 0 Å². The third-order valence-electron chi connectivity index (χ3n) is 3.31. The molecule has 0 radical (unpaired) electrons. The fourth-order valence-electron chi connectivity index (χ4n) is 2.18. The third-order valence-corrected chi connectivity index (χ3v) is 3.31. The number of hydrogen-bond acceptors (Lipinski definition) is 3. The molecule has 0 amide bonds. The Morgan fingerprint density at radius 2 is 1.56 bits per heavy atom. The maximum Gasteiger partial charge on any atom is 0.0897 e. The van der Waals surface area contributed by atoms with Crippen LogP contribution in [0.2, 0.25) is 0 Å². The van der Waals surface area contributed by atoms with E-state index in [2.05, 4.69) is 19.2 Å². The SMILES string of the molecule is CCCCCC(CCCCC)NCC(O)COC. The molecule has 18 heavy (non-hydrogen) atoms. The van der Waals surface area contributed by atoms with Crippen LogP contribution in [-0.2, 0) is 4.74 Å². The number of methoxy groups -OCH3 is 1. The molecule has 1 atom stereocenters. The van der Waals surface area contributed by atoms with Crippen molar-refractivity contribution in [1.29, 1.82) is 0 Å². The van der Waals surface area contributed by atoms with Crippen molar-refractivity contribution in [1.82, 2.24) is 5.32 Å². The maximum absolute atomic E-state index is 9.65. The summed E-state index contributed by atoms with van der Waals surface area (Å²) in [6.07, 6.45) is 9.84. The van der Waals surface area contributed by atoms with Crippen LogP contribution < -0.4 is 5.32 Å². The van der Waals surface area contributed by atoms with Gasteiger partial charge in [-0.1, -0.05) is 52.4 Å². The molecule has 0 heterocycles. The molecule has 0 spiro atoms. The van der Waals surface area contributed by atoms with Gasteiger partial charge >= 0.3 is 0 Å². The highest BCUT2D eigenvalue weighted by Crippen LogP contribution is 2.11. The minimum absolute atomic E-state index is 0.380. The lowest BCUT2D eigenvalue weighted by Crippen LogP contribution is -2.37. The van der Waals surface area contributed by atoms with Crippen LogP contribution in [0.3, 0.4) is 0 Å². The zero-order chi connectivity index (χ0) is 13.6. The first-order valence-electron chi connectivity index (χ1n) is 7.64. The molecule has 0 bridgehead atoms. The van der Waals surface area contributed by atoms with Crippen molar-refractivity contribution < 1.29 is 9.84 Å². The summed E-state index contributed by atoms with van der Waals surface area (Å²) in [7, 11) is 1.63. The molecule has 0 saturated carbocycles. The average Bonchev–Trinajstić information content (AvgIpc) is 2.36. The molecule has 110 valence electrons. The summed E-state index contributed by atoms with van der Waals surface area (Å²) in [6, 6.07) is 0.564. The standard InChI is InChI=1S/C15H33NO2/c1-4-6-8-10-14(11-9-7-5-2)16-12-15(17)13-18-3/h14-17H,4-13H2,1-3H3. The van der Waals surface area contributed by atoms with Crippen molar-refractivity contribution in [2.75, 3.05) is 20.3 Å². The second-order valence-corrected chi connectivity index (χ2v) is 5.21. The highest BCUT2D eigenvalue weighted by molar-refractivity contribution is 4.70. The van der Waals surface area contributed by atoms with E-state index < -0.39 is 0 Å². The van der Waals surface area contributed by atoms with Gasteiger partial charge in [-0.15, -0.1) is 0 Å². The molecule has 3 nitrogen and oxygen atoms in total. The van der Waals surface area contributed by atoms with Gasteiger partial charge < -0.3 is 15.2 Å². The zero-order valence-corrected chi connectivity index (χ0v) is 12.6. The van der Waals surface area contributed by atoms with Crippen LogP contribution in [0.5, 0.6) is 0 Å². The summed E-state index contributed by atoms with van der Waals surface area (Å²) < 4.78 is 4.94. The Bertz CT molecular complexity index is 155. The Morgan fingerprint density at radius 3 is 2.00 bits per heavy atom. The van der Waals surface area contributed by atoms with Crippen molar-refractivity contribution in [3.05, 3.63) is 0 Å². The minimum Gasteiger partial charge on any atom is -0.389 e. The molecule has 1 unspecified atom stereocenters. The van der Waals surface area contributed by atoms with E-state index in [0.717, 1.165) is 0 Å². The first-order chi connectivity index (χ1) is 8.74. The molecule has 0 aromatic rings. The van der Waals surface area contributed by atoms with E-state index in [1.54, 1.807) is 7.11 Å². The molecule has 0 aromatic heterocycles. The Hall–Kier alpha value is -0.120. The summed E-state index contributed by atoms with van der Waals surface area (Å²) in [5.41, 5.74) is 0. The molecule has 0 aliphatic rings. The lowest BCUT2D eigenvalue weighted by atomic mass is 10.0. The Morgan fingerprint density at radius 1 is 1.00 bits per heavy atom. The smallest absolute Gasteiger partial charge is 0.0897 e. The van der Waals surface area contributed by atoms with E-state index in [-0.39, 0.29) is 6.10 Å². The van der Waals surface area contributed by atoms with Crippen LogP contribution in [0.4, 0.5) is 0 Å². The van der Waals surface area contributed by atoms with Gasteiger partial charge in [0.1, 0.15) is 0 Å². The lowest BCUT2D eigenvalue weighted by Gasteiger charge is -2.20. The Labute approximate surface area is 113 Å². The Balaban J connectivity index is 3.79. The molecule has 0 saturated heterocycles. The first-order valence-corrected chi connectivity index (χ1v) is 7.64. The minimum atomic E-state index is -0.380. The van der Waals surface area contributed by atoms with E-state index >= 15 is 0 Å². The molecule has 0 aromatic carbocycles. The van der Waals surface area contributed by atoms with Gasteiger partial charge in [0.05, 0.1) is 12.7 Å². The monoisotopic (exact) mass is 259 g/mol. The Kier molecular flexibility index (Phi) is 13.2. The predicted octanol–water partition coefficient (Wildman–Crippen LogP) is 3.11. The van der Waals surface area contributed by atoms with Crippen molar-refractivity contribution in [2.45, 2.75) is 77.4 Å². The van der Waals surface area contributed by atoms with Crippen LogP contribution in [-0.4, -0.2) is 37.5 Å². The molecule has 3 heteroatoms. The van der Waals surface area contributed by atoms with Gasteiger partial charge in [-0.2, -0.15) is 0 Å². The van der Waals surface area contributed by atoms with Crippen molar-refractivity contribution in [3.8, 4) is 0 Å². The van der Waals surface area contributed by atoms with Crippen molar-refractivity contribution >= 4 is 0 Å². The van der Waals surface area contributed by atoms with E-state index in [9.17, 15) is 5.11 Å². The molecule has 0 fully saturated rings. The van der Waals surface area contributed by atoms with Crippen LogP contribution in [0.1, 0.15) is 65.2 Å². The number of aliphatic hydroxyl groups is 1. The summed E-state index contributed by atoms with van der Waals surface area (Å²) in [6.45, 7) is 5.55. The number of rotatable bonds is 13. The van der Waals surface area contributed by atoms with Crippen molar-refractivity contribution in [3.63, 3.8) is 0 Å². The van der Waals surface area contributed by atoms with Crippen LogP contribution >= 0.6 is 0 Å². The van der Waals surface area contributed by atoms with Gasteiger partial charge in [-0.05, 0) is 12.8 Å². The van der Waals surface area contributed by atoms with Crippen LogP contribution in [0, 0.1) is 0 Å². The van der Waals surface area contributed by atoms with Gasteiger partial charge in [-0.25, -0.2) is 0 Å². The summed E-state index contributed by atoms with van der Waals surface area (Å²) in [5, 5.41) is 13.1. The molecule has 2 N–H and O–H groups in total. The second-order valence-electron chi connectivity index (χ2n) is 5.21.